The highest BCUT2D eigenvalue weighted by Crippen LogP contribution is 2.37. The number of nitrogens with zero attached hydrogens (tertiary/aromatic N) is 5. The van der Waals surface area contributed by atoms with Crippen LogP contribution in [0.4, 0.5) is 5.00 Å². The Balaban J connectivity index is 1.35. The van der Waals surface area contributed by atoms with Crippen molar-refractivity contribution in [3.8, 4) is 17.5 Å². The lowest BCUT2D eigenvalue weighted by Gasteiger charge is -2.09. The lowest BCUT2D eigenvalue weighted by molar-refractivity contribution is -0.115. The number of pyridine rings is 1. The zero-order valence-corrected chi connectivity index (χ0v) is 17.2. The minimum atomic E-state index is -0.122. The topological polar surface area (TPSA) is 123 Å². The summed E-state index contributed by atoms with van der Waals surface area (Å²) in [6, 6.07) is 5.93. The molecule has 0 aliphatic heterocycles. The predicted molar refractivity (Wildman–Crippen MR) is 113 cm³/mol. The van der Waals surface area contributed by atoms with Crippen molar-refractivity contribution in [2.24, 2.45) is 0 Å². The van der Waals surface area contributed by atoms with Crippen LogP contribution in [-0.4, -0.2) is 31.5 Å². The van der Waals surface area contributed by atoms with Crippen molar-refractivity contribution >= 4 is 34.0 Å². The summed E-state index contributed by atoms with van der Waals surface area (Å²) in [7, 11) is 0. The van der Waals surface area contributed by atoms with Crippen LogP contribution < -0.4 is 11.2 Å². The van der Waals surface area contributed by atoms with E-state index in [0.717, 1.165) is 36.8 Å². The number of nitrogens with two attached hydrogens (primary N) is 1. The molecule has 0 saturated heterocycles. The van der Waals surface area contributed by atoms with E-state index in [-0.39, 0.29) is 12.3 Å². The number of thioether (sulfide) groups is 1. The van der Waals surface area contributed by atoms with E-state index in [1.807, 2.05) is 6.07 Å². The van der Waals surface area contributed by atoms with Gasteiger partial charge in [-0.1, -0.05) is 11.8 Å². The van der Waals surface area contributed by atoms with Gasteiger partial charge in [-0.05, 0) is 43.4 Å². The summed E-state index contributed by atoms with van der Waals surface area (Å²) in [5.74, 6) is 6.98. The second-order valence-electron chi connectivity index (χ2n) is 6.59. The van der Waals surface area contributed by atoms with Gasteiger partial charge in [-0.2, -0.15) is 5.26 Å². The average Bonchev–Trinajstić information content (AvgIpc) is 3.28. The molecule has 3 N–H and O–H groups in total. The molecule has 10 heteroatoms. The van der Waals surface area contributed by atoms with Crippen LogP contribution in [0, 0.1) is 11.3 Å². The Morgan fingerprint density at radius 1 is 1.38 bits per heavy atom. The molecule has 1 aliphatic carbocycles. The maximum absolute atomic E-state index is 12.4. The molecule has 0 spiro atoms. The van der Waals surface area contributed by atoms with Gasteiger partial charge in [0.1, 0.15) is 11.1 Å². The Morgan fingerprint density at radius 3 is 3.03 bits per heavy atom. The number of carbonyl (C=O) groups is 1. The predicted octanol–water partition coefficient (Wildman–Crippen LogP) is 2.99. The number of amides is 1. The van der Waals surface area contributed by atoms with Gasteiger partial charge >= 0.3 is 0 Å². The first-order valence-electron chi connectivity index (χ1n) is 9.25. The van der Waals surface area contributed by atoms with Crippen LogP contribution in [0.1, 0.15) is 35.3 Å². The van der Waals surface area contributed by atoms with E-state index in [2.05, 4.69) is 26.6 Å². The van der Waals surface area contributed by atoms with Gasteiger partial charge < -0.3 is 11.2 Å². The number of thiophene rings is 1. The molecule has 148 valence electrons. The lowest BCUT2D eigenvalue weighted by atomic mass is 9.96. The molecule has 0 atom stereocenters. The summed E-state index contributed by atoms with van der Waals surface area (Å²) in [4.78, 5) is 17.7. The van der Waals surface area contributed by atoms with E-state index in [1.54, 1.807) is 18.5 Å². The quantitative estimate of drug-likeness (QED) is 0.460. The number of fused-ring (bicyclic) bond motifs is 1. The Labute approximate surface area is 176 Å². The van der Waals surface area contributed by atoms with Gasteiger partial charge in [-0.15, -0.1) is 21.5 Å². The van der Waals surface area contributed by atoms with Crippen LogP contribution >= 0.6 is 23.1 Å². The number of hydrogen-bond donors (Lipinski definition) is 2. The number of carbonyl (C=O) groups excluding carboxylic acids is 1. The van der Waals surface area contributed by atoms with Crippen LogP contribution in [0.3, 0.4) is 0 Å². The van der Waals surface area contributed by atoms with Crippen molar-refractivity contribution in [3.05, 3.63) is 40.5 Å². The summed E-state index contributed by atoms with van der Waals surface area (Å²) in [6.45, 7) is 0. The van der Waals surface area contributed by atoms with Crippen LogP contribution in [0.2, 0.25) is 0 Å². The smallest absolute Gasteiger partial charge is 0.225 e. The molecular formula is C19H19N7OS2. The Hall–Kier alpha value is -2.90. The van der Waals surface area contributed by atoms with Crippen molar-refractivity contribution < 1.29 is 4.79 Å². The number of anilines is 1. The van der Waals surface area contributed by atoms with E-state index in [0.29, 0.717) is 27.3 Å². The SMILES string of the molecule is N#Cc1c(NC(=O)CCSc2nnc(-c3cccnc3)n2N)sc2c1CCCC2. The number of nitrogens with one attached hydrogen (secondary N) is 1. The first kappa shape index (κ1) is 19.4. The number of rotatable bonds is 6. The average molecular weight is 426 g/mol. The highest BCUT2D eigenvalue weighted by atomic mass is 32.2. The standard InChI is InChI=1S/C19H19N7OS2/c20-10-14-13-5-1-2-6-15(13)29-18(14)23-16(27)7-9-28-19-25-24-17(26(19)21)12-4-3-8-22-11-12/h3-4,8,11H,1-2,5-7,9,21H2,(H,23,27). The Bertz CT molecular complexity index is 1070. The molecule has 1 aliphatic rings. The second-order valence-corrected chi connectivity index (χ2v) is 8.76. The molecule has 0 saturated carbocycles. The van der Waals surface area contributed by atoms with Crippen molar-refractivity contribution in [2.45, 2.75) is 37.3 Å². The van der Waals surface area contributed by atoms with Gasteiger partial charge in [0.15, 0.2) is 5.82 Å². The van der Waals surface area contributed by atoms with Gasteiger partial charge in [0, 0.05) is 35.0 Å². The number of nitrogen functional groups attached to an aromatic ring is 1. The number of hydrogen-bond acceptors (Lipinski definition) is 8. The van der Waals surface area contributed by atoms with E-state index >= 15 is 0 Å². The third kappa shape index (κ3) is 4.11. The molecule has 1 amide bonds. The minimum Gasteiger partial charge on any atom is -0.335 e. The minimum absolute atomic E-state index is 0.122. The summed E-state index contributed by atoms with van der Waals surface area (Å²) in [5, 5.41) is 21.8. The Morgan fingerprint density at radius 2 is 2.24 bits per heavy atom. The first-order valence-corrected chi connectivity index (χ1v) is 11.1. The largest absolute Gasteiger partial charge is 0.335 e. The maximum atomic E-state index is 12.4. The molecule has 3 aromatic heterocycles. The zero-order valence-electron chi connectivity index (χ0n) is 15.6. The molecule has 8 nitrogen and oxygen atoms in total. The first-order chi connectivity index (χ1) is 14.2. The summed E-state index contributed by atoms with van der Waals surface area (Å²) >= 11 is 2.89. The highest BCUT2D eigenvalue weighted by Gasteiger charge is 2.22. The summed E-state index contributed by atoms with van der Waals surface area (Å²) in [5.41, 5.74) is 2.53. The molecule has 29 heavy (non-hydrogen) atoms. The molecule has 3 aromatic rings. The van der Waals surface area contributed by atoms with Gasteiger partial charge in [0.05, 0.1) is 5.56 Å². The fourth-order valence-electron chi connectivity index (χ4n) is 3.26. The molecule has 0 bridgehead atoms. The van der Waals surface area contributed by atoms with Crippen LogP contribution in [0.5, 0.6) is 0 Å². The Kier molecular flexibility index (Phi) is 5.78. The van der Waals surface area contributed by atoms with Crippen molar-refractivity contribution in [3.63, 3.8) is 0 Å². The van der Waals surface area contributed by atoms with Crippen LogP contribution in [0.25, 0.3) is 11.4 Å². The van der Waals surface area contributed by atoms with E-state index in [9.17, 15) is 10.1 Å². The van der Waals surface area contributed by atoms with Gasteiger partial charge in [-0.25, -0.2) is 4.68 Å². The molecular weight excluding hydrogens is 406 g/mol. The number of aromatic nitrogens is 4. The fourth-order valence-corrected chi connectivity index (χ4v) is 5.31. The van der Waals surface area contributed by atoms with E-state index in [4.69, 9.17) is 5.84 Å². The molecule has 0 aromatic carbocycles. The molecule has 0 unspecified atom stereocenters. The van der Waals surface area contributed by atoms with Gasteiger partial charge in [0.25, 0.3) is 0 Å². The molecule has 0 fully saturated rings. The fraction of sp³-hybridized carbons (Fsp3) is 0.316. The number of nitriles is 1. The highest BCUT2D eigenvalue weighted by molar-refractivity contribution is 7.99. The van der Waals surface area contributed by atoms with Crippen molar-refractivity contribution in [2.75, 3.05) is 16.9 Å². The monoisotopic (exact) mass is 425 g/mol. The lowest BCUT2D eigenvalue weighted by Crippen LogP contribution is -2.14. The van der Waals surface area contributed by atoms with Crippen molar-refractivity contribution in [1.29, 1.82) is 5.26 Å². The van der Waals surface area contributed by atoms with Crippen molar-refractivity contribution in [1.82, 2.24) is 19.9 Å². The summed E-state index contributed by atoms with van der Waals surface area (Å²) < 4.78 is 1.40. The van der Waals surface area contributed by atoms with E-state index in [1.165, 1.54) is 32.7 Å². The van der Waals surface area contributed by atoms with Crippen LogP contribution in [-0.2, 0) is 17.6 Å². The van der Waals surface area contributed by atoms with E-state index < -0.39 is 0 Å². The maximum Gasteiger partial charge on any atom is 0.225 e. The molecule has 3 heterocycles. The third-order valence-corrected chi connectivity index (χ3v) is 6.83. The second kappa shape index (κ2) is 8.63. The van der Waals surface area contributed by atoms with Crippen LogP contribution in [0.15, 0.2) is 29.7 Å². The zero-order chi connectivity index (χ0) is 20.2. The number of aryl methyl sites for hydroxylation is 1. The van der Waals surface area contributed by atoms with Gasteiger partial charge in [0.2, 0.25) is 11.1 Å². The normalized spacial score (nSPS) is 12.9. The van der Waals surface area contributed by atoms with Gasteiger partial charge in [-0.3, -0.25) is 9.78 Å². The summed E-state index contributed by atoms with van der Waals surface area (Å²) in [6.07, 6.45) is 7.79. The third-order valence-electron chi connectivity index (χ3n) is 4.68. The molecule has 0 radical (unpaired) electrons. The molecule has 4 rings (SSSR count).